The molecule has 2 heterocycles. The normalized spacial score (nSPS) is 15.6. The van der Waals surface area contributed by atoms with Crippen molar-refractivity contribution in [1.82, 2.24) is 24.3 Å². The molecule has 0 amide bonds. The summed E-state index contributed by atoms with van der Waals surface area (Å²) in [6, 6.07) is 28.9. The fourth-order valence-corrected chi connectivity index (χ4v) is 8.47. The van der Waals surface area contributed by atoms with E-state index < -0.39 is 34.5 Å². The third-order valence-electron chi connectivity index (χ3n) is 11.6. The summed E-state index contributed by atoms with van der Waals surface area (Å²) in [7, 11) is -0.198. The number of alkyl halides is 6. The van der Waals surface area contributed by atoms with Gasteiger partial charge in [0.1, 0.15) is 11.5 Å². The van der Waals surface area contributed by atoms with Crippen molar-refractivity contribution in [3.63, 3.8) is 0 Å². The molecule has 2 aromatic heterocycles. The minimum Gasteiger partial charge on any atom is -0.439 e. The molecule has 2 saturated carbocycles. The van der Waals surface area contributed by atoms with Crippen LogP contribution in [-0.2, 0) is 47.5 Å². The first-order valence-corrected chi connectivity index (χ1v) is 22.9. The molecule has 2 fully saturated rings. The van der Waals surface area contributed by atoms with Gasteiger partial charge in [-0.3, -0.25) is 0 Å². The number of hydrogen-bond acceptors (Lipinski definition) is 7. The van der Waals surface area contributed by atoms with E-state index in [-0.39, 0.29) is 28.2 Å². The maximum absolute atomic E-state index is 12.9. The molecule has 1 atom stereocenters. The number of rotatable bonds is 12. The molecule has 4 aromatic carbocycles. The predicted molar refractivity (Wildman–Crippen MR) is 251 cm³/mol. The zero-order valence-electron chi connectivity index (χ0n) is 38.2. The van der Waals surface area contributed by atoms with E-state index in [0.717, 1.165) is 97.8 Å². The van der Waals surface area contributed by atoms with Crippen LogP contribution in [0.5, 0.6) is 23.3 Å². The van der Waals surface area contributed by atoms with E-state index in [1.165, 1.54) is 24.3 Å². The van der Waals surface area contributed by atoms with Crippen LogP contribution in [0.2, 0.25) is 0 Å². The van der Waals surface area contributed by atoms with Crippen LogP contribution in [0.25, 0.3) is 22.5 Å². The molecule has 0 aliphatic heterocycles. The standard InChI is InChI=1S/C26H30F3N3O2S.C22H22F3N3O.CH4O.ClH/c1-5-32-23(34-21-12-10-19(11-13-21)26(27,28)29)17-22(30-32)18-8-6-9-20(16-18)25(14-7-15-25)31-35(33)24(2,3)4;1-2-28-20(29-18-9-7-16(8-10-18)22(23,24)25)14-19(27-28)15-5-3-6-17(13-15)21(26)11-4-12-21;1-2;/h6,8-13,16-17,31H,5,7,14-15H2,1-4H3;3,5-10,13-14H,2,4,11-12,26H2,1H3;2H,1H3;1H. The van der Waals surface area contributed by atoms with Crippen molar-refractivity contribution < 1.29 is 45.1 Å². The van der Waals surface area contributed by atoms with Crippen LogP contribution in [0.3, 0.4) is 0 Å². The van der Waals surface area contributed by atoms with Gasteiger partial charge < -0.3 is 20.3 Å². The predicted octanol–water partition coefficient (Wildman–Crippen LogP) is 12.6. The van der Waals surface area contributed by atoms with Crippen molar-refractivity contribution in [3.8, 4) is 45.8 Å². The number of nitrogens with one attached hydrogen (secondary N) is 1. The lowest BCUT2D eigenvalue weighted by Gasteiger charge is -2.44. The summed E-state index contributed by atoms with van der Waals surface area (Å²) in [5.74, 6) is 1.54. The van der Waals surface area contributed by atoms with Crippen LogP contribution in [-0.4, -0.2) is 40.7 Å². The molecular formula is C49H57ClF6N6O4S. The van der Waals surface area contributed by atoms with Crippen molar-refractivity contribution in [2.45, 2.75) is 114 Å². The van der Waals surface area contributed by atoms with Crippen LogP contribution >= 0.6 is 12.4 Å². The van der Waals surface area contributed by atoms with E-state index >= 15 is 0 Å². The number of aromatic nitrogens is 4. The van der Waals surface area contributed by atoms with E-state index in [1.54, 1.807) is 21.5 Å². The first-order valence-electron chi connectivity index (χ1n) is 21.7. The summed E-state index contributed by atoms with van der Waals surface area (Å²) < 4.78 is 108. The highest BCUT2D eigenvalue weighted by molar-refractivity contribution is 7.84. The molecule has 362 valence electrons. The molecule has 8 rings (SSSR count). The average molecular weight is 976 g/mol. The third kappa shape index (κ3) is 12.5. The summed E-state index contributed by atoms with van der Waals surface area (Å²) in [6.45, 7) is 10.8. The highest BCUT2D eigenvalue weighted by Gasteiger charge is 2.42. The summed E-state index contributed by atoms with van der Waals surface area (Å²) in [6.07, 6.45) is -2.81. The van der Waals surface area contributed by atoms with Gasteiger partial charge in [0.25, 0.3) is 0 Å². The van der Waals surface area contributed by atoms with Crippen LogP contribution in [0.15, 0.2) is 109 Å². The minimum absolute atomic E-state index is 0. The Hall–Kier alpha value is -5.20. The number of ether oxygens (including phenoxy) is 2. The first kappa shape index (κ1) is 52.8. The van der Waals surface area contributed by atoms with Gasteiger partial charge in [-0.05, 0) is 145 Å². The Morgan fingerprint density at radius 3 is 1.40 bits per heavy atom. The second-order valence-corrected chi connectivity index (χ2v) is 19.2. The minimum atomic E-state index is -4.39. The largest absolute Gasteiger partial charge is 0.439 e. The highest BCUT2D eigenvalue weighted by atomic mass is 35.5. The van der Waals surface area contributed by atoms with E-state index in [9.17, 15) is 30.6 Å². The fourth-order valence-electron chi connectivity index (χ4n) is 7.49. The highest BCUT2D eigenvalue weighted by Crippen LogP contribution is 2.44. The molecule has 6 aromatic rings. The Morgan fingerprint density at radius 2 is 1.06 bits per heavy atom. The smallest absolute Gasteiger partial charge is 0.416 e. The Bertz CT molecular complexity index is 2580. The Labute approximate surface area is 395 Å². The van der Waals surface area contributed by atoms with E-state index in [2.05, 4.69) is 27.1 Å². The molecular weight excluding hydrogens is 918 g/mol. The lowest BCUT2D eigenvalue weighted by atomic mass is 9.72. The van der Waals surface area contributed by atoms with Crippen molar-refractivity contribution in [3.05, 3.63) is 131 Å². The molecule has 0 radical (unpaired) electrons. The second-order valence-electron chi connectivity index (χ2n) is 17.2. The number of nitrogens with zero attached hydrogens (tertiary/aromatic N) is 4. The number of benzene rings is 4. The van der Waals surface area contributed by atoms with Gasteiger partial charge in [-0.15, -0.1) is 12.4 Å². The SMILES string of the molecule is CCn1nc(-c2cccc(C3(N)CCC3)c2)cc1Oc1ccc(C(F)(F)F)cc1.CCn1nc(-c2cccc(C3(NS(=O)C(C)(C)C)CCC3)c2)cc1Oc1ccc(C(F)(F)F)cc1.CO.Cl. The van der Waals surface area contributed by atoms with E-state index in [4.69, 9.17) is 20.3 Å². The second kappa shape index (κ2) is 21.4. The van der Waals surface area contributed by atoms with Crippen molar-refractivity contribution in [2.24, 2.45) is 5.73 Å². The Balaban J connectivity index is 0.000000242. The van der Waals surface area contributed by atoms with Gasteiger partial charge in [0.2, 0.25) is 11.8 Å². The first-order chi connectivity index (χ1) is 31.2. The number of aliphatic hydroxyl groups is 1. The van der Waals surface area contributed by atoms with Gasteiger partial charge in [0.15, 0.2) is 0 Å². The summed E-state index contributed by atoms with van der Waals surface area (Å²) in [5.41, 5.74) is 9.83. The molecule has 2 aliphatic carbocycles. The number of nitrogens with two attached hydrogens (primary N) is 1. The van der Waals surface area contributed by atoms with Crippen LogP contribution in [0, 0.1) is 0 Å². The van der Waals surface area contributed by atoms with Gasteiger partial charge in [0.05, 0.1) is 43.8 Å². The zero-order valence-corrected chi connectivity index (χ0v) is 39.8. The van der Waals surface area contributed by atoms with Gasteiger partial charge in [-0.25, -0.2) is 18.3 Å². The Kier molecular flexibility index (Phi) is 16.9. The number of hydrogen-bond donors (Lipinski definition) is 3. The van der Waals surface area contributed by atoms with Crippen molar-refractivity contribution in [1.29, 1.82) is 0 Å². The quantitative estimate of drug-likeness (QED) is 0.104. The topological polar surface area (TPSA) is 129 Å². The molecule has 10 nitrogen and oxygen atoms in total. The van der Waals surface area contributed by atoms with Crippen LogP contribution in [0.4, 0.5) is 26.3 Å². The van der Waals surface area contributed by atoms with Crippen molar-refractivity contribution >= 4 is 23.4 Å². The zero-order chi connectivity index (χ0) is 48.1. The van der Waals surface area contributed by atoms with Crippen LogP contribution < -0.4 is 19.9 Å². The fraction of sp³-hybridized carbons (Fsp3) is 0.388. The average Bonchev–Trinajstić information content (AvgIpc) is 3.88. The van der Waals surface area contributed by atoms with E-state index in [0.29, 0.717) is 42.0 Å². The van der Waals surface area contributed by atoms with Crippen LogP contribution in [0.1, 0.15) is 95.4 Å². The van der Waals surface area contributed by atoms with E-state index in [1.807, 2.05) is 71.0 Å². The number of aliphatic hydroxyl groups excluding tert-OH is 1. The maximum atomic E-state index is 12.9. The monoisotopic (exact) mass is 974 g/mol. The summed E-state index contributed by atoms with van der Waals surface area (Å²) in [5, 5.41) is 16.2. The number of halogens is 7. The molecule has 1 unspecified atom stereocenters. The van der Waals surface area contributed by atoms with Gasteiger partial charge in [0, 0.05) is 49.0 Å². The lowest BCUT2D eigenvalue weighted by molar-refractivity contribution is -0.138. The molecule has 2 aliphatic rings. The lowest BCUT2D eigenvalue weighted by Crippen LogP contribution is -2.52. The number of aryl methyl sites for hydroxylation is 2. The molecule has 67 heavy (non-hydrogen) atoms. The van der Waals surface area contributed by atoms with Gasteiger partial charge in [-0.2, -0.15) is 36.5 Å². The van der Waals surface area contributed by atoms with Crippen molar-refractivity contribution in [2.75, 3.05) is 7.11 Å². The van der Waals surface area contributed by atoms with Gasteiger partial charge in [-0.1, -0.05) is 36.4 Å². The molecule has 0 bridgehead atoms. The molecule has 18 heteroatoms. The summed E-state index contributed by atoms with van der Waals surface area (Å²) >= 11 is 0. The third-order valence-corrected chi connectivity index (χ3v) is 13.3. The Morgan fingerprint density at radius 1 is 0.657 bits per heavy atom. The molecule has 0 saturated heterocycles. The summed E-state index contributed by atoms with van der Waals surface area (Å²) in [4.78, 5) is 0. The van der Waals surface area contributed by atoms with Gasteiger partial charge >= 0.3 is 12.4 Å². The molecule has 4 N–H and O–H groups in total. The molecule has 0 spiro atoms. The maximum Gasteiger partial charge on any atom is 0.416 e.